The van der Waals surface area contributed by atoms with E-state index in [1.807, 2.05) is 60.7 Å². The first-order chi connectivity index (χ1) is 11.3. The van der Waals surface area contributed by atoms with Crippen molar-refractivity contribution < 1.29 is 0 Å². The largest absolute Gasteiger partial charge is 0.345 e. The van der Waals surface area contributed by atoms with E-state index in [-0.39, 0.29) is 5.69 Å². The summed E-state index contributed by atoms with van der Waals surface area (Å²) in [6, 6.07) is 26.0. The van der Waals surface area contributed by atoms with Crippen LogP contribution in [-0.2, 0) is 0 Å². The van der Waals surface area contributed by atoms with Crippen molar-refractivity contribution in [3.05, 3.63) is 89.3 Å². The molecule has 1 N–H and O–H groups in total. The standard InChI is InChI=1S/C20H14N2O/c23-20-21-18-12-11-16(14-7-3-1-4-8-14)13-17(18)19(22-20)15-9-5-2-6-10-15/h1-13H,(H,21,22,23). The molecule has 0 aliphatic carbocycles. The fourth-order valence-corrected chi connectivity index (χ4v) is 2.78. The predicted octanol–water partition coefficient (Wildman–Crippen LogP) is 4.26. The van der Waals surface area contributed by atoms with Crippen molar-refractivity contribution >= 4 is 10.9 Å². The summed E-state index contributed by atoms with van der Waals surface area (Å²) in [6.45, 7) is 0. The maximum Gasteiger partial charge on any atom is 0.345 e. The van der Waals surface area contributed by atoms with Gasteiger partial charge in [0.25, 0.3) is 0 Å². The molecule has 110 valence electrons. The van der Waals surface area contributed by atoms with Crippen LogP contribution in [0, 0.1) is 0 Å². The van der Waals surface area contributed by atoms with Crippen molar-refractivity contribution in [2.75, 3.05) is 0 Å². The minimum atomic E-state index is -0.330. The second-order valence-electron chi connectivity index (χ2n) is 5.38. The minimum Gasteiger partial charge on any atom is -0.305 e. The molecule has 0 amide bonds. The highest BCUT2D eigenvalue weighted by atomic mass is 16.1. The van der Waals surface area contributed by atoms with Gasteiger partial charge >= 0.3 is 5.69 Å². The average molecular weight is 298 g/mol. The van der Waals surface area contributed by atoms with Gasteiger partial charge in [-0.3, -0.25) is 0 Å². The molecule has 3 heteroatoms. The molecule has 0 unspecified atom stereocenters. The molecule has 0 saturated heterocycles. The fourth-order valence-electron chi connectivity index (χ4n) is 2.78. The van der Waals surface area contributed by atoms with Crippen LogP contribution in [0.15, 0.2) is 83.7 Å². The predicted molar refractivity (Wildman–Crippen MR) is 93.2 cm³/mol. The third kappa shape index (κ3) is 2.53. The lowest BCUT2D eigenvalue weighted by atomic mass is 10.0. The number of nitrogens with zero attached hydrogens (tertiary/aromatic N) is 1. The second-order valence-corrected chi connectivity index (χ2v) is 5.38. The Morgan fingerprint density at radius 2 is 1.35 bits per heavy atom. The highest BCUT2D eigenvalue weighted by molar-refractivity contribution is 5.94. The number of aromatic nitrogens is 2. The Morgan fingerprint density at radius 1 is 0.696 bits per heavy atom. The van der Waals surface area contributed by atoms with Gasteiger partial charge < -0.3 is 4.98 Å². The Kier molecular flexibility index (Phi) is 3.24. The SMILES string of the molecule is O=c1nc(-c2ccccc2)c2cc(-c3ccccc3)ccc2[nH]1. The number of nitrogens with one attached hydrogen (secondary N) is 1. The maximum atomic E-state index is 11.9. The first kappa shape index (κ1) is 13.5. The van der Waals surface area contributed by atoms with E-state index in [1.165, 1.54) is 0 Å². The molecule has 1 heterocycles. The molecule has 4 aromatic rings. The van der Waals surface area contributed by atoms with Crippen molar-refractivity contribution in [1.82, 2.24) is 9.97 Å². The van der Waals surface area contributed by atoms with Crippen LogP contribution in [0.2, 0.25) is 0 Å². The summed E-state index contributed by atoms with van der Waals surface area (Å²) in [5.41, 5.74) is 4.35. The molecule has 0 radical (unpaired) electrons. The van der Waals surface area contributed by atoms with Gasteiger partial charge in [0, 0.05) is 10.9 Å². The van der Waals surface area contributed by atoms with E-state index < -0.39 is 0 Å². The van der Waals surface area contributed by atoms with Crippen LogP contribution < -0.4 is 5.69 Å². The van der Waals surface area contributed by atoms with Crippen LogP contribution in [-0.4, -0.2) is 9.97 Å². The number of fused-ring (bicyclic) bond motifs is 1. The van der Waals surface area contributed by atoms with E-state index in [0.717, 1.165) is 27.6 Å². The summed E-state index contributed by atoms with van der Waals surface area (Å²) >= 11 is 0. The van der Waals surface area contributed by atoms with Gasteiger partial charge in [0.15, 0.2) is 0 Å². The smallest absolute Gasteiger partial charge is 0.305 e. The van der Waals surface area contributed by atoms with Gasteiger partial charge in [0.05, 0.1) is 11.2 Å². The number of aromatic amines is 1. The third-order valence-corrected chi connectivity index (χ3v) is 3.88. The highest BCUT2D eigenvalue weighted by Crippen LogP contribution is 2.28. The summed E-state index contributed by atoms with van der Waals surface area (Å²) in [5, 5.41) is 0.942. The van der Waals surface area contributed by atoms with E-state index >= 15 is 0 Å². The van der Waals surface area contributed by atoms with Crippen molar-refractivity contribution in [3.63, 3.8) is 0 Å². The molecule has 0 aliphatic heterocycles. The fraction of sp³-hybridized carbons (Fsp3) is 0. The Morgan fingerprint density at radius 3 is 2.04 bits per heavy atom. The quantitative estimate of drug-likeness (QED) is 0.601. The first-order valence-corrected chi connectivity index (χ1v) is 7.46. The third-order valence-electron chi connectivity index (χ3n) is 3.88. The minimum absolute atomic E-state index is 0.330. The van der Waals surface area contributed by atoms with Crippen molar-refractivity contribution in [2.24, 2.45) is 0 Å². The number of hydrogen-bond donors (Lipinski definition) is 1. The highest BCUT2D eigenvalue weighted by Gasteiger charge is 2.09. The van der Waals surface area contributed by atoms with Crippen molar-refractivity contribution in [2.45, 2.75) is 0 Å². The molecule has 3 aromatic carbocycles. The van der Waals surface area contributed by atoms with E-state index in [1.54, 1.807) is 0 Å². The van der Waals surface area contributed by atoms with Crippen LogP contribution in [0.4, 0.5) is 0 Å². The van der Waals surface area contributed by atoms with Crippen LogP contribution >= 0.6 is 0 Å². The monoisotopic (exact) mass is 298 g/mol. The second kappa shape index (κ2) is 5.54. The lowest BCUT2D eigenvalue weighted by molar-refractivity contribution is 1.12. The topological polar surface area (TPSA) is 45.8 Å². The zero-order valence-corrected chi connectivity index (χ0v) is 12.4. The zero-order chi connectivity index (χ0) is 15.6. The molecule has 0 atom stereocenters. The lowest BCUT2D eigenvalue weighted by Crippen LogP contribution is -2.11. The zero-order valence-electron chi connectivity index (χ0n) is 12.4. The molecule has 23 heavy (non-hydrogen) atoms. The molecule has 3 nitrogen and oxygen atoms in total. The van der Waals surface area contributed by atoms with Gasteiger partial charge in [0.1, 0.15) is 0 Å². The van der Waals surface area contributed by atoms with Crippen molar-refractivity contribution in [1.29, 1.82) is 0 Å². The van der Waals surface area contributed by atoms with Gasteiger partial charge in [-0.15, -0.1) is 0 Å². The number of benzene rings is 3. The molecule has 4 rings (SSSR count). The Bertz CT molecular complexity index is 1020. The number of hydrogen-bond acceptors (Lipinski definition) is 2. The van der Waals surface area contributed by atoms with E-state index in [2.05, 4.69) is 28.2 Å². The van der Waals surface area contributed by atoms with Gasteiger partial charge in [-0.2, -0.15) is 4.98 Å². The Balaban J connectivity index is 2.00. The van der Waals surface area contributed by atoms with E-state index in [4.69, 9.17) is 0 Å². The molecule has 0 spiro atoms. The molecule has 1 aromatic heterocycles. The van der Waals surface area contributed by atoms with E-state index in [0.29, 0.717) is 5.69 Å². The van der Waals surface area contributed by atoms with Crippen LogP contribution in [0.25, 0.3) is 33.3 Å². The first-order valence-electron chi connectivity index (χ1n) is 7.46. The van der Waals surface area contributed by atoms with Gasteiger partial charge in [0.2, 0.25) is 0 Å². The van der Waals surface area contributed by atoms with Crippen LogP contribution in [0.1, 0.15) is 0 Å². The Labute approximate surface area is 133 Å². The van der Waals surface area contributed by atoms with Gasteiger partial charge in [-0.25, -0.2) is 4.79 Å². The molecular weight excluding hydrogens is 284 g/mol. The normalized spacial score (nSPS) is 10.8. The summed E-state index contributed by atoms with van der Waals surface area (Å²) in [7, 11) is 0. The summed E-state index contributed by atoms with van der Waals surface area (Å²) in [4.78, 5) is 18.9. The average Bonchev–Trinajstić information content (AvgIpc) is 2.62. The lowest BCUT2D eigenvalue weighted by Gasteiger charge is -2.08. The molecular formula is C20H14N2O. The van der Waals surface area contributed by atoms with Gasteiger partial charge in [-0.05, 0) is 23.3 Å². The molecule has 0 fully saturated rings. The summed E-state index contributed by atoms with van der Waals surface area (Å²) in [5.74, 6) is 0. The summed E-state index contributed by atoms with van der Waals surface area (Å²) in [6.07, 6.45) is 0. The molecule has 0 saturated carbocycles. The van der Waals surface area contributed by atoms with Crippen molar-refractivity contribution in [3.8, 4) is 22.4 Å². The number of rotatable bonds is 2. The van der Waals surface area contributed by atoms with E-state index in [9.17, 15) is 4.79 Å². The van der Waals surface area contributed by atoms with Gasteiger partial charge in [-0.1, -0.05) is 66.7 Å². The van der Waals surface area contributed by atoms with Crippen LogP contribution in [0.5, 0.6) is 0 Å². The van der Waals surface area contributed by atoms with Crippen LogP contribution in [0.3, 0.4) is 0 Å². The maximum absolute atomic E-state index is 11.9. The Hall–Kier alpha value is -3.20. The summed E-state index contributed by atoms with van der Waals surface area (Å²) < 4.78 is 0. The number of H-pyrrole nitrogens is 1. The molecule has 0 bridgehead atoms. The molecule has 0 aliphatic rings.